The minimum Gasteiger partial charge on any atom is -0.266 e. The maximum Gasteiger partial charge on any atom is 0.296 e. The molecule has 0 spiro atoms. The maximum absolute atomic E-state index is 11.7. The minimum atomic E-state index is -3.65. The normalized spacial score (nSPS) is 11.4. The molecule has 0 amide bonds. The smallest absolute Gasteiger partial charge is 0.266 e. The van der Waals surface area contributed by atoms with Crippen LogP contribution in [-0.4, -0.2) is 15.0 Å². The number of hydrogen-bond acceptors (Lipinski definition) is 3. The second kappa shape index (κ2) is 6.79. The highest BCUT2D eigenvalue weighted by Crippen LogP contribution is 2.16. The Morgan fingerprint density at radius 2 is 1.88 bits per heavy atom. The van der Waals surface area contributed by atoms with Crippen molar-refractivity contribution in [1.29, 1.82) is 0 Å². The summed E-state index contributed by atoms with van der Waals surface area (Å²) in [6.07, 6.45) is 4.23. The average Bonchev–Trinajstić information content (AvgIpc) is 2.29. The molecule has 17 heavy (non-hydrogen) atoms. The van der Waals surface area contributed by atoms with E-state index in [0.717, 1.165) is 12.8 Å². The van der Waals surface area contributed by atoms with Gasteiger partial charge in [0, 0.05) is 5.02 Å². The lowest BCUT2D eigenvalue weighted by Gasteiger charge is -2.05. The van der Waals surface area contributed by atoms with Crippen LogP contribution < -0.4 is 0 Å². The molecule has 0 aliphatic heterocycles. The van der Waals surface area contributed by atoms with Gasteiger partial charge in [0.1, 0.15) is 0 Å². The van der Waals surface area contributed by atoms with Gasteiger partial charge in [0.2, 0.25) is 0 Å². The molecule has 1 aromatic rings. The summed E-state index contributed by atoms with van der Waals surface area (Å²) in [4.78, 5) is 0.130. The predicted molar refractivity (Wildman–Crippen MR) is 68.6 cm³/mol. The molecule has 0 unspecified atom stereocenters. The van der Waals surface area contributed by atoms with E-state index in [2.05, 4.69) is 6.58 Å². The Hall–Kier alpha value is -0.840. The predicted octanol–water partition coefficient (Wildman–Crippen LogP) is 3.40. The molecule has 0 aliphatic carbocycles. The Bertz CT molecular complexity index is 451. The van der Waals surface area contributed by atoms with Crippen molar-refractivity contribution in [2.24, 2.45) is 0 Å². The van der Waals surface area contributed by atoms with Crippen LogP contribution in [-0.2, 0) is 14.3 Å². The molecule has 1 aromatic carbocycles. The first kappa shape index (κ1) is 14.2. The van der Waals surface area contributed by atoms with Gasteiger partial charge in [-0.2, -0.15) is 8.42 Å². The summed E-state index contributed by atoms with van der Waals surface area (Å²) in [6.45, 7) is 3.78. The van der Waals surface area contributed by atoms with Gasteiger partial charge < -0.3 is 0 Å². The Morgan fingerprint density at radius 1 is 1.24 bits per heavy atom. The zero-order chi connectivity index (χ0) is 12.7. The summed E-state index contributed by atoms with van der Waals surface area (Å²) >= 11 is 5.68. The highest BCUT2D eigenvalue weighted by Gasteiger charge is 2.14. The fourth-order valence-electron chi connectivity index (χ4n) is 1.23. The van der Waals surface area contributed by atoms with Crippen molar-refractivity contribution < 1.29 is 12.6 Å². The SMILES string of the molecule is C=CCCCCOS(=O)(=O)c1ccc(Cl)cc1. The van der Waals surface area contributed by atoms with Gasteiger partial charge in [-0.3, -0.25) is 4.18 Å². The number of benzene rings is 1. The lowest BCUT2D eigenvalue weighted by Crippen LogP contribution is -2.07. The van der Waals surface area contributed by atoms with Crippen LogP contribution in [0.5, 0.6) is 0 Å². The molecule has 0 saturated heterocycles. The Balaban J connectivity index is 2.51. The van der Waals surface area contributed by atoms with Gasteiger partial charge in [0.05, 0.1) is 11.5 Å². The quantitative estimate of drug-likeness (QED) is 0.435. The van der Waals surface area contributed by atoms with Crippen molar-refractivity contribution >= 4 is 21.7 Å². The van der Waals surface area contributed by atoms with E-state index in [1.165, 1.54) is 24.3 Å². The molecule has 0 atom stereocenters. The van der Waals surface area contributed by atoms with Crippen molar-refractivity contribution in [3.8, 4) is 0 Å². The summed E-state index contributed by atoms with van der Waals surface area (Å²) in [6, 6.07) is 5.91. The van der Waals surface area contributed by atoms with E-state index in [4.69, 9.17) is 15.8 Å². The van der Waals surface area contributed by atoms with Crippen LogP contribution in [0.3, 0.4) is 0 Å². The molecule has 0 heterocycles. The van der Waals surface area contributed by atoms with Crippen LogP contribution >= 0.6 is 11.6 Å². The van der Waals surface area contributed by atoms with Gasteiger partial charge in [-0.15, -0.1) is 6.58 Å². The van der Waals surface area contributed by atoms with E-state index in [-0.39, 0.29) is 11.5 Å². The maximum atomic E-state index is 11.7. The fraction of sp³-hybridized carbons (Fsp3) is 0.333. The molecule has 0 aliphatic rings. The van der Waals surface area contributed by atoms with Gasteiger partial charge in [0.25, 0.3) is 10.1 Å². The molecular weight excluding hydrogens is 260 g/mol. The third-order valence-electron chi connectivity index (χ3n) is 2.14. The molecule has 0 saturated carbocycles. The number of hydrogen-bond donors (Lipinski definition) is 0. The summed E-state index contributed by atoms with van der Waals surface area (Å²) in [5.41, 5.74) is 0. The molecule has 0 radical (unpaired) electrons. The van der Waals surface area contributed by atoms with E-state index < -0.39 is 10.1 Å². The molecule has 1 rings (SSSR count). The van der Waals surface area contributed by atoms with Crippen LogP contribution in [0.4, 0.5) is 0 Å². The number of unbranched alkanes of at least 4 members (excludes halogenated alkanes) is 2. The van der Waals surface area contributed by atoms with Crippen molar-refractivity contribution in [3.63, 3.8) is 0 Å². The molecular formula is C12H15ClO3S. The topological polar surface area (TPSA) is 43.4 Å². The van der Waals surface area contributed by atoms with E-state index in [1.54, 1.807) is 6.08 Å². The van der Waals surface area contributed by atoms with Gasteiger partial charge in [-0.25, -0.2) is 0 Å². The van der Waals surface area contributed by atoms with Crippen LogP contribution in [0, 0.1) is 0 Å². The second-order valence-electron chi connectivity index (χ2n) is 3.51. The third kappa shape index (κ3) is 4.89. The number of halogens is 1. The van der Waals surface area contributed by atoms with E-state index in [9.17, 15) is 8.42 Å². The zero-order valence-corrected chi connectivity index (χ0v) is 11.0. The lowest BCUT2D eigenvalue weighted by atomic mass is 10.2. The lowest BCUT2D eigenvalue weighted by molar-refractivity contribution is 0.309. The highest BCUT2D eigenvalue weighted by atomic mass is 35.5. The Kier molecular flexibility index (Phi) is 5.68. The number of allylic oxidation sites excluding steroid dienone is 1. The third-order valence-corrected chi connectivity index (χ3v) is 3.72. The van der Waals surface area contributed by atoms with Crippen molar-refractivity contribution in [3.05, 3.63) is 41.9 Å². The standard InChI is InChI=1S/C12H15ClO3S/c1-2-3-4-5-10-16-17(14,15)12-8-6-11(13)7-9-12/h2,6-9H,1,3-5,10H2. The molecule has 5 heteroatoms. The van der Waals surface area contributed by atoms with E-state index in [1.807, 2.05) is 0 Å². The van der Waals surface area contributed by atoms with Crippen molar-refractivity contribution in [2.75, 3.05) is 6.61 Å². The molecule has 0 N–H and O–H groups in total. The van der Waals surface area contributed by atoms with E-state index in [0.29, 0.717) is 11.4 Å². The van der Waals surface area contributed by atoms with Crippen LogP contribution in [0.1, 0.15) is 19.3 Å². The van der Waals surface area contributed by atoms with Gasteiger partial charge in [-0.1, -0.05) is 17.7 Å². The monoisotopic (exact) mass is 274 g/mol. The first-order chi connectivity index (χ1) is 8.06. The van der Waals surface area contributed by atoms with Crippen molar-refractivity contribution in [2.45, 2.75) is 24.2 Å². The fourth-order valence-corrected chi connectivity index (χ4v) is 2.30. The molecule has 0 fully saturated rings. The Labute approximate surface area is 107 Å². The number of rotatable bonds is 7. The summed E-state index contributed by atoms with van der Waals surface area (Å²) in [5, 5.41) is 0.495. The van der Waals surface area contributed by atoms with Crippen LogP contribution in [0.25, 0.3) is 0 Å². The van der Waals surface area contributed by atoms with E-state index >= 15 is 0 Å². The summed E-state index contributed by atoms with van der Waals surface area (Å²) < 4.78 is 28.3. The zero-order valence-electron chi connectivity index (χ0n) is 9.43. The first-order valence-electron chi connectivity index (χ1n) is 5.32. The minimum absolute atomic E-state index is 0.130. The van der Waals surface area contributed by atoms with Crippen LogP contribution in [0.2, 0.25) is 5.02 Å². The Morgan fingerprint density at radius 3 is 2.47 bits per heavy atom. The summed E-state index contributed by atoms with van der Waals surface area (Å²) in [7, 11) is -3.65. The van der Waals surface area contributed by atoms with Gasteiger partial charge >= 0.3 is 0 Å². The summed E-state index contributed by atoms with van der Waals surface area (Å²) in [5.74, 6) is 0. The molecule has 3 nitrogen and oxygen atoms in total. The molecule has 94 valence electrons. The van der Waals surface area contributed by atoms with Gasteiger partial charge in [0.15, 0.2) is 0 Å². The highest BCUT2D eigenvalue weighted by molar-refractivity contribution is 7.86. The van der Waals surface area contributed by atoms with Crippen LogP contribution in [0.15, 0.2) is 41.8 Å². The largest absolute Gasteiger partial charge is 0.296 e. The molecule has 0 bridgehead atoms. The second-order valence-corrected chi connectivity index (χ2v) is 5.57. The molecule has 0 aromatic heterocycles. The van der Waals surface area contributed by atoms with Crippen molar-refractivity contribution in [1.82, 2.24) is 0 Å². The van der Waals surface area contributed by atoms with Gasteiger partial charge in [-0.05, 0) is 43.5 Å². The first-order valence-corrected chi connectivity index (χ1v) is 7.11. The average molecular weight is 275 g/mol.